The first-order chi connectivity index (χ1) is 7.57. The van der Waals surface area contributed by atoms with Gasteiger partial charge in [-0.3, -0.25) is 8.98 Å². The summed E-state index contributed by atoms with van der Waals surface area (Å²) in [6.07, 6.45) is -0.0149. The average molecular weight is 288 g/mol. The van der Waals surface area contributed by atoms with Gasteiger partial charge in [0.2, 0.25) is 0 Å². The van der Waals surface area contributed by atoms with Crippen molar-refractivity contribution in [2.24, 2.45) is 5.41 Å². The highest BCUT2D eigenvalue weighted by atomic mass is 32.2. The van der Waals surface area contributed by atoms with Crippen molar-refractivity contribution in [2.75, 3.05) is 18.1 Å². The Bertz CT molecular complexity index is 385. The predicted molar refractivity (Wildman–Crippen MR) is 61.4 cm³/mol. The molecule has 0 aromatic carbocycles. The minimum Gasteiger partial charge on any atom is -0.481 e. The van der Waals surface area contributed by atoms with E-state index in [1.807, 2.05) is 0 Å². The van der Waals surface area contributed by atoms with Crippen LogP contribution in [0.2, 0.25) is 0 Å². The number of hydrogen-bond donors (Lipinski definition) is 2. The zero-order valence-electron chi connectivity index (χ0n) is 9.58. The average Bonchev–Trinajstić information content (AvgIpc) is 2.14. The molecule has 1 unspecified atom stereocenters. The summed E-state index contributed by atoms with van der Waals surface area (Å²) in [6.45, 7) is 2.22. The Hall–Kier alpha value is -0.510. The van der Waals surface area contributed by atoms with Crippen LogP contribution in [0.3, 0.4) is 0 Å². The van der Waals surface area contributed by atoms with Gasteiger partial charge in [-0.15, -0.1) is 0 Å². The monoisotopic (exact) mass is 288 g/mol. The second-order valence-electron chi connectivity index (χ2n) is 4.09. The Labute approximate surface area is 103 Å². The molecule has 2 N–H and O–H groups in total. The first-order valence-electron chi connectivity index (χ1n) is 4.75. The van der Waals surface area contributed by atoms with Gasteiger partial charge in [0.05, 0.1) is 23.5 Å². The summed E-state index contributed by atoms with van der Waals surface area (Å²) in [6, 6.07) is 0. The molecule has 17 heavy (non-hydrogen) atoms. The first kappa shape index (κ1) is 16.5. The maximum atomic E-state index is 11.3. The molecule has 0 saturated carbocycles. The molecule has 0 heterocycles. The lowest BCUT2D eigenvalue weighted by molar-refractivity contribution is -0.148. The quantitative estimate of drug-likeness (QED) is 0.478. The van der Waals surface area contributed by atoms with Gasteiger partial charge in [-0.1, -0.05) is 0 Å². The molecule has 1 atom stereocenters. The number of aliphatic carboxylic acids is 1. The molecule has 102 valence electrons. The van der Waals surface area contributed by atoms with E-state index in [0.717, 1.165) is 0 Å². The van der Waals surface area contributed by atoms with Crippen LogP contribution in [0.25, 0.3) is 0 Å². The normalized spacial score (nSPS) is 14.5. The van der Waals surface area contributed by atoms with Crippen LogP contribution in [0.4, 0.5) is 0 Å². The van der Waals surface area contributed by atoms with Crippen molar-refractivity contribution in [2.45, 2.75) is 20.3 Å². The van der Waals surface area contributed by atoms with Gasteiger partial charge in [0.15, 0.2) is 11.1 Å². The van der Waals surface area contributed by atoms with Gasteiger partial charge in [-0.25, -0.2) is 4.21 Å². The molecule has 0 amide bonds. The van der Waals surface area contributed by atoms with Crippen LogP contribution >= 0.6 is 0 Å². The van der Waals surface area contributed by atoms with Crippen molar-refractivity contribution in [1.29, 1.82) is 0 Å². The molecule has 0 spiro atoms. The van der Waals surface area contributed by atoms with Gasteiger partial charge >= 0.3 is 5.97 Å². The van der Waals surface area contributed by atoms with E-state index < -0.39 is 44.9 Å². The molecule has 0 saturated heterocycles. The lowest BCUT2D eigenvalue weighted by Crippen LogP contribution is -2.31. The summed E-state index contributed by atoms with van der Waals surface area (Å²) < 4.78 is 45.8. The number of rotatable bonds is 8. The smallest absolute Gasteiger partial charge is 0.311 e. The third kappa shape index (κ3) is 7.42. The molecule has 0 aromatic rings. The van der Waals surface area contributed by atoms with Crippen molar-refractivity contribution in [3.8, 4) is 0 Å². The number of carboxylic acid groups (broad SMARTS) is 1. The summed E-state index contributed by atoms with van der Waals surface area (Å²) in [5.74, 6) is -1.73. The summed E-state index contributed by atoms with van der Waals surface area (Å²) in [5.41, 5.74) is -1.30. The van der Waals surface area contributed by atoms with Crippen molar-refractivity contribution in [1.82, 2.24) is 0 Å². The maximum Gasteiger partial charge on any atom is 0.311 e. The van der Waals surface area contributed by atoms with E-state index in [2.05, 4.69) is 4.18 Å². The minimum absolute atomic E-state index is 0.0149. The number of hydrogen-bond acceptors (Lipinski definition) is 5. The van der Waals surface area contributed by atoms with Crippen LogP contribution in [0.5, 0.6) is 0 Å². The van der Waals surface area contributed by atoms with Gasteiger partial charge in [0, 0.05) is 0 Å². The Kier molecular flexibility index (Phi) is 6.24. The van der Waals surface area contributed by atoms with E-state index in [1.54, 1.807) is 0 Å². The van der Waals surface area contributed by atoms with Crippen LogP contribution < -0.4 is 0 Å². The van der Waals surface area contributed by atoms with Crippen LogP contribution in [0.15, 0.2) is 0 Å². The van der Waals surface area contributed by atoms with Gasteiger partial charge in [-0.05, 0) is 20.3 Å². The predicted octanol–water partition coefficient (Wildman–Crippen LogP) is 0.0554. The molecule has 0 fully saturated rings. The highest BCUT2D eigenvalue weighted by molar-refractivity contribution is 7.86. The molecular weight excluding hydrogens is 272 g/mol. The maximum absolute atomic E-state index is 11.3. The Morgan fingerprint density at radius 2 is 1.94 bits per heavy atom. The molecule has 0 aliphatic heterocycles. The third-order valence-corrected chi connectivity index (χ3v) is 3.80. The molecule has 0 aliphatic rings. The van der Waals surface area contributed by atoms with Crippen molar-refractivity contribution < 1.29 is 31.3 Å². The summed E-state index contributed by atoms with van der Waals surface area (Å²) in [7, 11) is -3.85. The van der Waals surface area contributed by atoms with E-state index in [-0.39, 0.29) is 12.2 Å². The molecule has 0 rings (SSSR count). The number of carboxylic acids is 1. The van der Waals surface area contributed by atoms with Crippen molar-refractivity contribution in [3.05, 3.63) is 0 Å². The lowest BCUT2D eigenvalue weighted by Gasteiger charge is -2.18. The van der Waals surface area contributed by atoms with E-state index in [4.69, 9.17) is 9.66 Å². The molecule has 7 nitrogen and oxygen atoms in total. The molecule has 0 bridgehead atoms. The SMILES string of the molecule is CC(C)(COS(=O)(=O)CCCS(=O)O)C(=O)O. The Morgan fingerprint density at radius 1 is 1.41 bits per heavy atom. The fourth-order valence-corrected chi connectivity index (χ4v) is 2.38. The van der Waals surface area contributed by atoms with E-state index in [0.29, 0.717) is 0 Å². The topological polar surface area (TPSA) is 118 Å². The Morgan fingerprint density at radius 3 is 2.35 bits per heavy atom. The zero-order valence-corrected chi connectivity index (χ0v) is 11.2. The van der Waals surface area contributed by atoms with Crippen LogP contribution in [-0.2, 0) is 30.2 Å². The van der Waals surface area contributed by atoms with Crippen molar-refractivity contribution >= 4 is 27.2 Å². The largest absolute Gasteiger partial charge is 0.481 e. The molecule has 0 aromatic heterocycles. The van der Waals surface area contributed by atoms with Crippen LogP contribution in [0, 0.1) is 5.41 Å². The Balaban J connectivity index is 4.19. The third-order valence-electron chi connectivity index (χ3n) is 1.89. The zero-order chi connectivity index (χ0) is 13.7. The standard InChI is InChI=1S/C8H16O7S2/c1-8(2,7(9)10)6-15-17(13,14)5-3-4-16(11)12/h3-6H2,1-2H3,(H,9,10)(H,11,12). The highest BCUT2D eigenvalue weighted by Gasteiger charge is 2.29. The minimum atomic E-state index is -3.85. The second kappa shape index (κ2) is 6.43. The van der Waals surface area contributed by atoms with E-state index in [1.165, 1.54) is 13.8 Å². The summed E-state index contributed by atoms with van der Waals surface area (Å²) >= 11 is -2.04. The molecule has 0 aliphatic carbocycles. The molecular formula is C8H16O7S2. The summed E-state index contributed by atoms with van der Waals surface area (Å²) in [5, 5.41) is 8.74. The second-order valence-corrected chi connectivity index (χ2v) is 6.90. The van der Waals surface area contributed by atoms with E-state index in [9.17, 15) is 17.4 Å². The lowest BCUT2D eigenvalue weighted by atomic mass is 9.96. The molecule has 0 radical (unpaired) electrons. The van der Waals surface area contributed by atoms with Crippen LogP contribution in [-0.4, -0.2) is 46.4 Å². The van der Waals surface area contributed by atoms with E-state index >= 15 is 0 Å². The first-order valence-corrected chi connectivity index (χ1v) is 7.60. The van der Waals surface area contributed by atoms with Gasteiger partial charge in [0.25, 0.3) is 10.1 Å². The highest BCUT2D eigenvalue weighted by Crippen LogP contribution is 2.17. The summed E-state index contributed by atoms with van der Waals surface area (Å²) in [4.78, 5) is 10.7. The van der Waals surface area contributed by atoms with Crippen LogP contribution in [0.1, 0.15) is 20.3 Å². The fraction of sp³-hybridized carbons (Fsp3) is 0.875. The van der Waals surface area contributed by atoms with Gasteiger partial charge in [0.1, 0.15) is 0 Å². The van der Waals surface area contributed by atoms with Gasteiger partial charge in [-0.2, -0.15) is 8.42 Å². The fourth-order valence-electron chi connectivity index (χ4n) is 0.717. The van der Waals surface area contributed by atoms with Gasteiger partial charge < -0.3 is 9.66 Å². The van der Waals surface area contributed by atoms with Crippen molar-refractivity contribution in [3.63, 3.8) is 0 Å². The molecule has 9 heteroatoms. The number of carbonyl (C=O) groups is 1.